The Balaban J connectivity index is 3.94. The van der Waals surface area contributed by atoms with E-state index in [1.54, 1.807) is 0 Å². The summed E-state index contributed by atoms with van der Waals surface area (Å²) < 4.78 is 0.873. The number of nitrogens with one attached hydrogen (secondary N) is 1. The van der Waals surface area contributed by atoms with Crippen LogP contribution in [-0.2, 0) is 0 Å². The van der Waals surface area contributed by atoms with Crippen molar-refractivity contribution in [3.63, 3.8) is 0 Å². The Morgan fingerprint density at radius 2 is 1.93 bits per heavy atom. The molecule has 0 aliphatic carbocycles. The molecule has 15 heavy (non-hydrogen) atoms. The predicted octanol–water partition coefficient (Wildman–Crippen LogP) is -0.0576. The van der Waals surface area contributed by atoms with Gasteiger partial charge < -0.3 is 14.9 Å². The van der Waals surface area contributed by atoms with E-state index in [4.69, 9.17) is 0 Å². The highest BCUT2D eigenvalue weighted by Crippen LogP contribution is 2.01. The van der Waals surface area contributed by atoms with Crippen LogP contribution in [0.5, 0.6) is 0 Å². The summed E-state index contributed by atoms with van der Waals surface area (Å²) in [5.74, 6) is 0. The van der Waals surface area contributed by atoms with Gasteiger partial charge in [-0.05, 0) is 20.5 Å². The van der Waals surface area contributed by atoms with Crippen molar-refractivity contribution in [3.05, 3.63) is 0 Å². The molecule has 4 nitrogen and oxygen atoms in total. The zero-order chi connectivity index (χ0) is 11.9. The predicted molar refractivity (Wildman–Crippen MR) is 64.7 cm³/mol. The van der Waals surface area contributed by atoms with Gasteiger partial charge in [0.05, 0.1) is 20.6 Å². The fourth-order valence-electron chi connectivity index (χ4n) is 1.58. The second kappa shape index (κ2) is 7.17. The third-order valence-corrected chi connectivity index (χ3v) is 2.86. The second-order valence-electron chi connectivity index (χ2n) is 4.77. The number of quaternary nitrogens is 1. The monoisotopic (exact) mass is 218 g/mol. The minimum atomic E-state index is -0.242. The molecule has 92 valence electrons. The summed E-state index contributed by atoms with van der Waals surface area (Å²) in [7, 11) is 6.23. The van der Waals surface area contributed by atoms with Crippen LogP contribution in [0, 0.1) is 0 Å². The van der Waals surface area contributed by atoms with Crippen molar-refractivity contribution in [3.8, 4) is 0 Å². The fourth-order valence-corrected chi connectivity index (χ4v) is 1.58. The van der Waals surface area contributed by atoms with E-state index >= 15 is 0 Å². The zero-order valence-corrected chi connectivity index (χ0v) is 11.0. The smallest absolute Gasteiger partial charge is 0.116 e. The number of likely N-dealkylation sites (N-methyl/N-ethyl adjacent to an activating group) is 2. The van der Waals surface area contributed by atoms with Crippen LogP contribution in [0.3, 0.4) is 0 Å². The van der Waals surface area contributed by atoms with Crippen LogP contribution in [0.15, 0.2) is 0 Å². The molecule has 0 aromatic rings. The van der Waals surface area contributed by atoms with Gasteiger partial charge >= 0.3 is 0 Å². The first-order valence-corrected chi connectivity index (χ1v) is 5.82. The van der Waals surface area contributed by atoms with E-state index in [0.717, 1.165) is 37.3 Å². The standard InChI is InChI=1S/C11H28N3O/c1-6-13(10-12-3)8-11(15)9-14(4,5)7-2/h11-12,15H,6-10H2,1-5H3/q+1. The Morgan fingerprint density at radius 1 is 1.33 bits per heavy atom. The Hall–Kier alpha value is -0.160. The van der Waals surface area contributed by atoms with Gasteiger partial charge in [-0.25, -0.2) is 0 Å². The van der Waals surface area contributed by atoms with Gasteiger partial charge in [-0.3, -0.25) is 4.90 Å². The minimum absolute atomic E-state index is 0.242. The molecule has 0 aromatic heterocycles. The molecular formula is C11H28N3O+. The quantitative estimate of drug-likeness (QED) is 0.443. The molecule has 0 heterocycles. The highest BCUT2D eigenvalue weighted by molar-refractivity contribution is 4.61. The zero-order valence-electron chi connectivity index (χ0n) is 11.0. The van der Waals surface area contributed by atoms with Gasteiger partial charge in [-0.2, -0.15) is 0 Å². The molecule has 0 rings (SSSR count). The van der Waals surface area contributed by atoms with Gasteiger partial charge in [0.25, 0.3) is 0 Å². The Morgan fingerprint density at radius 3 is 2.33 bits per heavy atom. The summed E-state index contributed by atoms with van der Waals surface area (Å²) in [5, 5.41) is 13.1. The molecule has 4 heteroatoms. The molecule has 0 aliphatic rings. The molecule has 1 atom stereocenters. The van der Waals surface area contributed by atoms with Gasteiger partial charge in [0.15, 0.2) is 0 Å². The van der Waals surface area contributed by atoms with Crippen molar-refractivity contribution in [1.82, 2.24) is 10.2 Å². The molecule has 2 N–H and O–H groups in total. The lowest BCUT2D eigenvalue weighted by Gasteiger charge is -2.32. The Kier molecular flexibility index (Phi) is 7.09. The number of nitrogens with zero attached hydrogens (tertiary/aromatic N) is 2. The van der Waals surface area contributed by atoms with Crippen molar-refractivity contribution < 1.29 is 9.59 Å². The van der Waals surface area contributed by atoms with E-state index in [1.807, 2.05) is 7.05 Å². The van der Waals surface area contributed by atoms with Gasteiger partial charge in [0.2, 0.25) is 0 Å². The molecule has 0 saturated carbocycles. The largest absolute Gasteiger partial charge is 0.386 e. The normalized spacial score (nSPS) is 14.6. The maximum Gasteiger partial charge on any atom is 0.116 e. The summed E-state index contributed by atoms with van der Waals surface area (Å²) in [6, 6.07) is 0. The van der Waals surface area contributed by atoms with Gasteiger partial charge in [0.1, 0.15) is 12.6 Å². The summed E-state index contributed by atoms with van der Waals surface area (Å²) >= 11 is 0. The average Bonchev–Trinajstić information content (AvgIpc) is 2.16. The maximum atomic E-state index is 9.96. The van der Waals surface area contributed by atoms with Crippen molar-refractivity contribution in [2.24, 2.45) is 0 Å². The first-order valence-electron chi connectivity index (χ1n) is 5.82. The van der Waals surface area contributed by atoms with Crippen molar-refractivity contribution in [1.29, 1.82) is 0 Å². The number of hydrogen-bond donors (Lipinski definition) is 2. The Bertz CT molecular complexity index is 162. The third kappa shape index (κ3) is 6.84. The lowest BCUT2D eigenvalue weighted by atomic mass is 10.2. The van der Waals surface area contributed by atoms with Crippen LogP contribution in [0.2, 0.25) is 0 Å². The van der Waals surface area contributed by atoms with E-state index < -0.39 is 0 Å². The van der Waals surface area contributed by atoms with Crippen LogP contribution in [-0.4, -0.2) is 74.6 Å². The van der Waals surface area contributed by atoms with Crippen LogP contribution in [0.1, 0.15) is 13.8 Å². The summed E-state index contributed by atoms with van der Waals surface area (Å²) in [5.41, 5.74) is 0. The number of hydrogen-bond acceptors (Lipinski definition) is 3. The molecule has 0 spiro atoms. The summed E-state index contributed by atoms with van der Waals surface area (Å²) in [6.45, 7) is 8.69. The minimum Gasteiger partial charge on any atom is -0.386 e. The van der Waals surface area contributed by atoms with Crippen molar-refractivity contribution in [2.75, 3.05) is 54.0 Å². The van der Waals surface area contributed by atoms with Crippen molar-refractivity contribution in [2.45, 2.75) is 20.0 Å². The topological polar surface area (TPSA) is 35.5 Å². The molecule has 1 unspecified atom stereocenters. The molecule has 0 bridgehead atoms. The molecular weight excluding hydrogens is 190 g/mol. The molecule has 0 aromatic carbocycles. The van der Waals surface area contributed by atoms with Crippen molar-refractivity contribution >= 4 is 0 Å². The summed E-state index contributed by atoms with van der Waals surface area (Å²) in [6.07, 6.45) is -0.242. The van der Waals surface area contributed by atoms with Gasteiger partial charge in [-0.1, -0.05) is 6.92 Å². The SMILES string of the molecule is CCN(CNC)CC(O)C[N+](C)(C)CC. The molecule has 0 amide bonds. The maximum absolute atomic E-state index is 9.96. The lowest BCUT2D eigenvalue weighted by molar-refractivity contribution is -0.891. The first-order chi connectivity index (χ1) is 6.95. The fraction of sp³-hybridized carbons (Fsp3) is 1.00. The van der Waals surface area contributed by atoms with Gasteiger partial charge in [-0.15, -0.1) is 0 Å². The third-order valence-electron chi connectivity index (χ3n) is 2.86. The van der Waals surface area contributed by atoms with Crippen LogP contribution < -0.4 is 5.32 Å². The van der Waals surface area contributed by atoms with E-state index in [2.05, 4.69) is 38.2 Å². The van der Waals surface area contributed by atoms with Crippen LogP contribution >= 0.6 is 0 Å². The molecule has 0 aliphatic heterocycles. The van der Waals surface area contributed by atoms with E-state index in [1.165, 1.54) is 0 Å². The average molecular weight is 218 g/mol. The second-order valence-corrected chi connectivity index (χ2v) is 4.77. The Labute approximate surface area is 94.5 Å². The van der Waals surface area contributed by atoms with E-state index in [0.29, 0.717) is 0 Å². The first kappa shape index (κ1) is 14.8. The van der Waals surface area contributed by atoms with Crippen LogP contribution in [0.25, 0.3) is 0 Å². The van der Waals surface area contributed by atoms with Gasteiger partial charge in [0, 0.05) is 13.2 Å². The molecule has 0 radical (unpaired) electrons. The van der Waals surface area contributed by atoms with E-state index in [9.17, 15) is 5.11 Å². The highest BCUT2D eigenvalue weighted by Gasteiger charge is 2.19. The molecule has 0 fully saturated rings. The number of aliphatic hydroxyl groups excluding tert-OH is 1. The van der Waals surface area contributed by atoms with E-state index in [-0.39, 0.29) is 6.10 Å². The number of rotatable bonds is 8. The highest BCUT2D eigenvalue weighted by atomic mass is 16.3. The summed E-state index contributed by atoms with van der Waals surface area (Å²) in [4.78, 5) is 2.21. The lowest BCUT2D eigenvalue weighted by Crippen LogP contribution is -2.49. The number of aliphatic hydroxyl groups is 1. The molecule has 0 saturated heterocycles. The van der Waals surface area contributed by atoms with Crippen LogP contribution in [0.4, 0.5) is 0 Å².